The van der Waals surface area contributed by atoms with Gasteiger partial charge in [0.1, 0.15) is 0 Å². The van der Waals surface area contributed by atoms with Gasteiger partial charge in [0.2, 0.25) is 11.8 Å². The third kappa shape index (κ3) is 3.71. The second-order valence-electron chi connectivity index (χ2n) is 7.17. The highest BCUT2D eigenvalue weighted by Gasteiger charge is 2.38. The minimum absolute atomic E-state index is 0.205. The van der Waals surface area contributed by atoms with Crippen LogP contribution in [0.25, 0.3) is 0 Å². The van der Waals surface area contributed by atoms with E-state index in [2.05, 4.69) is 20.0 Å². The third-order valence-corrected chi connectivity index (χ3v) is 6.00. The maximum Gasteiger partial charge on any atom is 0.277 e. The van der Waals surface area contributed by atoms with Crippen molar-refractivity contribution in [1.82, 2.24) is 20.0 Å². The molecule has 5 rings (SSSR count). The third-order valence-electron chi connectivity index (χ3n) is 5.20. The van der Waals surface area contributed by atoms with Crippen molar-refractivity contribution in [2.45, 2.75) is 43.9 Å². The lowest BCUT2D eigenvalue weighted by Crippen LogP contribution is -2.45. The molecule has 3 aliphatic heterocycles. The Bertz CT molecular complexity index is 574. The van der Waals surface area contributed by atoms with E-state index in [1.165, 1.54) is 50.5 Å². The number of aryl methyl sites for hydroxylation is 1. The number of hydrogen-bond donors (Lipinski definition) is 0. The molecule has 3 saturated heterocycles. The summed E-state index contributed by atoms with van der Waals surface area (Å²) in [5, 5.41) is 8.23. The number of carbonyl (C=O) groups is 1. The maximum atomic E-state index is 12.6. The van der Waals surface area contributed by atoms with Gasteiger partial charge in [0.05, 0.1) is 5.75 Å². The Morgan fingerprint density at radius 2 is 2.09 bits per heavy atom. The van der Waals surface area contributed by atoms with E-state index in [0.717, 1.165) is 19.0 Å². The first-order chi connectivity index (χ1) is 11.2. The molecule has 23 heavy (non-hydrogen) atoms. The lowest BCUT2D eigenvalue weighted by molar-refractivity contribution is -0.128. The van der Waals surface area contributed by atoms with Crippen LogP contribution in [0.1, 0.15) is 31.6 Å². The number of amides is 1. The van der Waals surface area contributed by atoms with Crippen LogP contribution in [-0.2, 0) is 4.79 Å². The number of fused-ring (bicyclic) bond motifs is 4. The molecule has 4 aliphatic rings. The molecule has 0 radical (unpaired) electrons. The molecule has 126 valence electrons. The molecule has 7 heteroatoms. The van der Waals surface area contributed by atoms with E-state index in [-0.39, 0.29) is 5.91 Å². The standard InChI is InChI=1S/C16H24N4O2S/c1-11-17-18-16(22-11)23-10-15(21)20-8-13-4-5-14(9-20)19(7-13)6-12-2-3-12/h12-14H,2-10H2,1H3/t13-,14-/m1/s1. The van der Waals surface area contributed by atoms with E-state index < -0.39 is 0 Å². The molecule has 4 fully saturated rings. The topological polar surface area (TPSA) is 62.5 Å². The average molecular weight is 336 g/mol. The van der Waals surface area contributed by atoms with Gasteiger partial charge in [-0.15, -0.1) is 10.2 Å². The summed E-state index contributed by atoms with van der Waals surface area (Å²) in [6.07, 6.45) is 5.32. The average Bonchev–Trinajstić information content (AvgIpc) is 3.31. The first-order valence-corrected chi connectivity index (χ1v) is 9.60. The highest BCUT2D eigenvalue weighted by Crippen LogP contribution is 2.35. The Kier molecular flexibility index (Phi) is 4.32. The normalized spacial score (nSPS) is 28.1. The van der Waals surface area contributed by atoms with Crippen molar-refractivity contribution in [3.63, 3.8) is 0 Å². The Morgan fingerprint density at radius 3 is 2.83 bits per heavy atom. The van der Waals surface area contributed by atoms with Gasteiger partial charge in [0, 0.05) is 39.1 Å². The molecule has 0 aromatic carbocycles. The van der Waals surface area contributed by atoms with E-state index >= 15 is 0 Å². The molecule has 0 unspecified atom stereocenters. The van der Waals surface area contributed by atoms with E-state index in [1.807, 2.05) is 0 Å². The quantitative estimate of drug-likeness (QED) is 0.764. The fraction of sp³-hybridized carbons (Fsp3) is 0.812. The first kappa shape index (κ1) is 15.4. The van der Waals surface area contributed by atoms with Crippen LogP contribution in [0.15, 0.2) is 9.64 Å². The zero-order valence-electron chi connectivity index (χ0n) is 13.6. The van der Waals surface area contributed by atoms with Crippen LogP contribution in [0, 0.1) is 18.8 Å². The smallest absolute Gasteiger partial charge is 0.277 e. The first-order valence-electron chi connectivity index (χ1n) is 8.62. The van der Waals surface area contributed by atoms with Crippen LogP contribution in [0.2, 0.25) is 0 Å². The van der Waals surface area contributed by atoms with Crippen LogP contribution in [0.5, 0.6) is 0 Å². The number of rotatable bonds is 5. The number of hydrogen-bond acceptors (Lipinski definition) is 6. The van der Waals surface area contributed by atoms with Gasteiger partial charge >= 0.3 is 0 Å². The van der Waals surface area contributed by atoms with Gasteiger partial charge in [-0.2, -0.15) is 0 Å². The highest BCUT2D eigenvalue weighted by molar-refractivity contribution is 7.99. The zero-order chi connectivity index (χ0) is 15.8. The van der Waals surface area contributed by atoms with Crippen molar-refractivity contribution >= 4 is 17.7 Å². The van der Waals surface area contributed by atoms with Crippen molar-refractivity contribution in [3.8, 4) is 0 Å². The van der Waals surface area contributed by atoms with E-state index in [9.17, 15) is 4.79 Å². The summed E-state index contributed by atoms with van der Waals surface area (Å²) in [5.41, 5.74) is 0. The van der Waals surface area contributed by atoms with Crippen LogP contribution < -0.4 is 0 Å². The van der Waals surface area contributed by atoms with Gasteiger partial charge in [-0.1, -0.05) is 11.8 Å². The van der Waals surface area contributed by atoms with Crippen molar-refractivity contribution in [2.24, 2.45) is 11.8 Å². The SMILES string of the molecule is Cc1nnc(SCC(=O)N2C[C@@H]3CC[C@H](C2)N(CC2CC2)C3)o1. The predicted molar refractivity (Wildman–Crippen MR) is 87.1 cm³/mol. The Balaban J connectivity index is 1.34. The summed E-state index contributed by atoms with van der Waals surface area (Å²) in [6, 6.07) is 0.564. The molecule has 1 aromatic rings. The van der Waals surface area contributed by atoms with Crippen LogP contribution in [0.4, 0.5) is 0 Å². The van der Waals surface area contributed by atoms with Gasteiger partial charge in [0.15, 0.2) is 0 Å². The molecule has 1 aromatic heterocycles. The largest absolute Gasteiger partial charge is 0.416 e. The van der Waals surface area contributed by atoms with Crippen molar-refractivity contribution in [3.05, 3.63) is 5.89 Å². The molecule has 6 nitrogen and oxygen atoms in total. The molecule has 2 atom stereocenters. The van der Waals surface area contributed by atoms with Crippen LogP contribution in [-0.4, -0.2) is 63.9 Å². The Labute approximate surface area is 141 Å². The van der Waals surface area contributed by atoms with Crippen molar-refractivity contribution < 1.29 is 9.21 Å². The number of nitrogens with zero attached hydrogens (tertiary/aromatic N) is 4. The second-order valence-corrected chi connectivity index (χ2v) is 8.10. The summed E-state index contributed by atoms with van der Waals surface area (Å²) < 4.78 is 5.33. The summed E-state index contributed by atoms with van der Waals surface area (Å²) >= 11 is 1.35. The number of thioether (sulfide) groups is 1. The molecule has 1 amide bonds. The molecule has 1 saturated carbocycles. The molecule has 4 heterocycles. The van der Waals surface area contributed by atoms with Crippen molar-refractivity contribution in [1.29, 1.82) is 0 Å². The maximum absolute atomic E-state index is 12.6. The molecule has 0 spiro atoms. The minimum Gasteiger partial charge on any atom is -0.416 e. The van der Waals surface area contributed by atoms with Crippen LogP contribution in [0.3, 0.4) is 0 Å². The number of carbonyl (C=O) groups excluding carboxylic acids is 1. The second kappa shape index (κ2) is 6.43. The Morgan fingerprint density at radius 1 is 1.22 bits per heavy atom. The summed E-state index contributed by atoms with van der Waals surface area (Å²) in [6.45, 7) is 6.01. The Hall–Kier alpha value is -1.08. The zero-order valence-corrected chi connectivity index (χ0v) is 14.4. The molecule has 2 bridgehead atoms. The van der Waals surface area contributed by atoms with Crippen molar-refractivity contribution in [2.75, 3.05) is 31.9 Å². The van der Waals surface area contributed by atoms with Gasteiger partial charge < -0.3 is 9.32 Å². The monoisotopic (exact) mass is 336 g/mol. The number of piperidine rings is 1. The summed E-state index contributed by atoms with van der Waals surface area (Å²) in [5.74, 6) is 2.71. The predicted octanol–water partition coefficient (Wildman–Crippen LogP) is 1.80. The highest BCUT2D eigenvalue weighted by atomic mass is 32.2. The van der Waals surface area contributed by atoms with Gasteiger partial charge in [-0.3, -0.25) is 9.69 Å². The fourth-order valence-electron chi connectivity index (χ4n) is 3.79. The van der Waals surface area contributed by atoms with Gasteiger partial charge in [-0.05, 0) is 37.5 Å². The summed E-state index contributed by atoms with van der Waals surface area (Å²) in [7, 11) is 0. The number of aromatic nitrogens is 2. The van der Waals surface area contributed by atoms with E-state index in [4.69, 9.17) is 4.42 Å². The van der Waals surface area contributed by atoms with E-state index in [0.29, 0.717) is 28.8 Å². The minimum atomic E-state index is 0.205. The van der Waals surface area contributed by atoms with Gasteiger partial charge in [-0.25, -0.2) is 0 Å². The lowest BCUT2D eigenvalue weighted by Gasteiger charge is -2.36. The van der Waals surface area contributed by atoms with E-state index in [1.54, 1.807) is 6.92 Å². The fourth-order valence-corrected chi connectivity index (χ4v) is 4.50. The summed E-state index contributed by atoms with van der Waals surface area (Å²) in [4.78, 5) is 17.3. The van der Waals surface area contributed by atoms with Gasteiger partial charge in [0.25, 0.3) is 5.22 Å². The van der Waals surface area contributed by atoms with Crippen LogP contribution >= 0.6 is 11.8 Å². The molecular formula is C16H24N4O2S. The molecular weight excluding hydrogens is 312 g/mol. The molecule has 0 N–H and O–H groups in total. The molecule has 1 aliphatic carbocycles. The lowest BCUT2D eigenvalue weighted by atomic mass is 9.95.